The number of allylic oxidation sites excluding steroid dienone is 2. The van der Waals surface area contributed by atoms with Crippen molar-refractivity contribution in [3.05, 3.63) is 46.7 Å². The molecule has 0 amide bonds. The van der Waals surface area contributed by atoms with Crippen molar-refractivity contribution in [3.8, 4) is 0 Å². The van der Waals surface area contributed by atoms with Crippen molar-refractivity contribution in [2.45, 2.75) is 71.6 Å². The first kappa shape index (κ1) is 22.4. The first-order valence-electron chi connectivity index (χ1n) is 10.7. The van der Waals surface area contributed by atoms with Crippen LogP contribution in [0.15, 0.2) is 24.3 Å². The standard InChI is InChI=1S/C25H34N2O3/c1-16-14-20-19(13-12-18(26-20)15-27(5)6)22(17-10-8-7-9-11-17)21(16)23(24(28)29)30-25(2,3)4/h10,12-14,23H,7-9,11,15H2,1-6H3,(H,28,29)/t23-/m0/s1. The Bertz CT molecular complexity index is 970. The molecule has 0 aliphatic heterocycles. The quantitative estimate of drug-likeness (QED) is 0.681. The number of nitrogens with zero attached hydrogens (tertiary/aromatic N) is 2. The summed E-state index contributed by atoms with van der Waals surface area (Å²) in [5, 5.41) is 11.1. The van der Waals surface area contributed by atoms with Gasteiger partial charge in [-0.15, -0.1) is 0 Å². The molecule has 0 unspecified atom stereocenters. The summed E-state index contributed by atoms with van der Waals surface area (Å²) in [7, 11) is 4.06. The van der Waals surface area contributed by atoms with Gasteiger partial charge in [0.15, 0.2) is 6.10 Å². The van der Waals surface area contributed by atoms with Gasteiger partial charge in [-0.05, 0) is 96.3 Å². The van der Waals surface area contributed by atoms with Crippen molar-refractivity contribution in [1.29, 1.82) is 0 Å². The summed E-state index contributed by atoms with van der Waals surface area (Å²) in [4.78, 5) is 19.3. The van der Waals surface area contributed by atoms with E-state index >= 15 is 0 Å². The van der Waals surface area contributed by atoms with E-state index in [0.29, 0.717) is 0 Å². The number of carboxylic acid groups (broad SMARTS) is 1. The van der Waals surface area contributed by atoms with E-state index in [1.807, 2.05) is 47.9 Å². The predicted molar refractivity (Wildman–Crippen MR) is 122 cm³/mol. The fraction of sp³-hybridized carbons (Fsp3) is 0.520. The van der Waals surface area contributed by atoms with E-state index < -0.39 is 17.7 Å². The molecule has 0 saturated heterocycles. The number of carbonyl (C=O) groups is 1. The Labute approximate surface area is 179 Å². The lowest BCUT2D eigenvalue weighted by atomic mass is 9.84. The average molecular weight is 411 g/mol. The first-order chi connectivity index (χ1) is 14.1. The molecule has 0 radical (unpaired) electrons. The summed E-state index contributed by atoms with van der Waals surface area (Å²) in [6, 6.07) is 6.16. The third-order valence-corrected chi connectivity index (χ3v) is 5.35. The molecule has 1 aliphatic carbocycles. The summed E-state index contributed by atoms with van der Waals surface area (Å²) in [6.07, 6.45) is 5.51. The number of rotatable bonds is 6. The Morgan fingerprint density at radius 2 is 2.00 bits per heavy atom. The van der Waals surface area contributed by atoms with Gasteiger partial charge in [0.25, 0.3) is 0 Å². The Morgan fingerprint density at radius 1 is 1.27 bits per heavy atom. The van der Waals surface area contributed by atoms with Crippen molar-refractivity contribution in [2.75, 3.05) is 14.1 Å². The maximum Gasteiger partial charge on any atom is 0.337 e. The van der Waals surface area contributed by atoms with Crippen LogP contribution in [0.3, 0.4) is 0 Å². The molecule has 1 atom stereocenters. The molecule has 0 spiro atoms. The maximum atomic E-state index is 12.3. The van der Waals surface area contributed by atoms with Crippen LogP contribution in [0.25, 0.3) is 16.5 Å². The zero-order chi connectivity index (χ0) is 22.1. The molecule has 162 valence electrons. The van der Waals surface area contributed by atoms with E-state index in [0.717, 1.165) is 59.1 Å². The third-order valence-electron chi connectivity index (χ3n) is 5.35. The zero-order valence-corrected chi connectivity index (χ0v) is 19.1. The van der Waals surface area contributed by atoms with Crippen LogP contribution in [-0.2, 0) is 16.1 Å². The summed E-state index contributed by atoms with van der Waals surface area (Å²) in [5.74, 6) is -0.956. The van der Waals surface area contributed by atoms with Gasteiger partial charge in [0.1, 0.15) is 0 Å². The van der Waals surface area contributed by atoms with Gasteiger partial charge in [-0.3, -0.25) is 4.98 Å². The van der Waals surface area contributed by atoms with Crippen molar-refractivity contribution in [2.24, 2.45) is 0 Å². The van der Waals surface area contributed by atoms with Gasteiger partial charge in [-0.25, -0.2) is 4.79 Å². The minimum atomic E-state index is -1.02. The third kappa shape index (κ3) is 5.08. The van der Waals surface area contributed by atoms with Gasteiger partial charge in [-0.2, -0.15) is 0 Å². The molecule has 3 rings (SSSR count). The van der Waals surface area contributed by atoms with E-state index in [1.54, 1.807) is 0 Å². The minimum Gasteiger partial charge on any atom is -0.479 e. The van der Waals surface area contributed by atoms with E-state index in [9.17, 15) is 9.90 Å². The van der Waals surface area contributed by atoms with Crippen molar-refractivity contribution in [1.82, 2.24) is 9.88 Å². The number of carboxylic acids is 1. The average Bonchev–Trinajstić information content (AvgIpc) is 2.64. The smallest absolute Gasteiger partial charge is 0.337 e. The molecule has 1 heterocycles. The number of ether oxygens (including phenoxy) is 1. The Morgan fingerprint density at radius 3 is 2.57 bits per heavy atom. The molecular formula is C25H34N2O3. The number of pyridine rings is 1. The Hall–Kier alpha value is -2.24. The largest absolute Gasteiger partial charge is 0.479 e. The van der Waals surface area contributed by atoms with Crippen LogP contribution < -0.4 is 0 Å². The molecule has 5 heteroatoms. The molecule has 1 aliphatic rings. The lowest BCUT2D eigenvalue weighted by Gasteiger charge is -2.29. The second kappa shape index (κ2) is 8.86. The van der Waals surface area contributed by atoms with E-state index in [4.69, 9.17) is 9.72 Å². The van der Waals surface area contributed by atoms with E-state index in [2.05, 4.69) is 23.1 Å². The molecule has 0 bridgehead atoms. The molecule has 2 aromatic rings. The van der Waals surface area contributed by atoms with Crippen molar-refractivity contribution in [3.63, 3.8) is 0 Å². The molecule has 1 N–H and O–H groups in total. The summed E-state index contributed by atoms with van der Waals surface area (Å²) < 4.78 is 6.07. The maximum absolute atomic E-state index is 12.3. The lowest BCUT2D eigenvalue weighted by Crippen LogP contribution is -2.28. The van der Waals surface area contributed by atoms with Gasteiger partial charge in [-0.1, -0.05) is 12.1 Å². The summed E-state index contributed by atoms with van der Waals surface area (Å²) in [6.45, 7) is 8.43. The normalized spacial score (nSPS) is 16.0. The van der Waals surface area contributed by atoms with Crippen LogP contribution >= 0.6 is 0 Å². The summed E-state index contributed by atoms with van der Waals surface area (Å²) >= 11 is 0. The number of fused-ring (bicyclic) bond motifs is 1. The fourth-order valence-corrected chi connectivity index (χ4v) is 4.21. The predicted octanol–water partition coefficient (Wildman–Crippen LogP) is 5.50. The topological polar surface area (TPSA) is 62.7 Å². The highest BCUT2D eigenvalue weighted by Crippen LogP contribution is 2.40. The van der Waals surface area contributed by atoms with Crippen LogP contribution in [-0.4, -0.2) is 40.7 Å². The number of aliphatic carboxylic acids is 1. The van der Waals surface area contributed by atoms with Gasteiger partial charge >= 0.3 is 5.97 Å². The lowest BCUT2D eigenvalue weighted by molar-refractivity contribution is -0.160. The van der Waals surface area contributed by atoms with Crippen LogP contribution in [0.4, 0.5) is 0 Å². The Balaban J connectivity index is 2.28. The molecule has 0 fully saturated rings. The number of benzene rings is 1. The second-order valence-corrected chi connectivity index (χ2v) is 9.51. The molecule has 30 heavy (non-hydrogen) atoms. The molecular weight excluding hydrogens is 376 g/mol. The van der Waals surface area contributed by atoms with Gasteiger partial charge in [0.05, 0.1) is 16.8 Å². The highest BCUT2D eigenvalue weighted by molar-refractivity contribution is 5.96. The number of aromatic nitrogens is 1. The number of hydrogen-bond donors (Lipinski definition) is 1. The van der Waals surface area contributed by atoms with Crippen LogP contribution in [0, 0.1) is 6.92 Å². The zero-order valence-electron chi connectivity index (χ0n) is 19.1. The molecule has 1 aromatic carbocycles. The highest BCUT2D eigenvalue weighted by Gasteiger charge is 2.32. The van der Waals surface area contributed by atoms with Crippen LogP contribution in [0.1, 0.15) is 74.9 Å². The fourth-order valence-electron chi connectivity index (χ4n) is 4.21. The number of aryl methyl sites for hydroxylation is 1. The second-order valence-electron chi connectivity index (χ2n) is 9.51. The van der Waals surface area contributed by atoms with Gasteiger partial charge < -0.3 is 14.7 Å². The monoisotopic (exact) mass is 410 g/mol. The van der Waals surface area contributed by atoms with Gasteiger partial charge in [0.2, 0.25) is 0 Å². The Kier molecular flexibility index (Phi) is 6.63. The SMILES string of the molecule is Cc1cc2nc(CN(C)C)ccc2c(C2=CCCCC2)c1[C@H](OC(C)(C)C)C(=O)O. The van der Waals surface area contributed by atoms with Crippen molar-refractivity contribution >= 4 is 22.4 Å². The van der Waals surface area contributed by atoms with Crippen molar-refractivity contribution < 1.29 is 14.6 Å². The van der Waals surface area contributed by atoms with Crippen LogP contribution in [0.2, 0.25) is 0 Å². The minimum absolute atomic E-state index is 0.573. The van der Waals surface area contributed by atoms with Crippen LogP contribution in [0.5, 0.6) is 0 Å². The highest BCUT2D eigenvalue weighted by atomic mass is 16.5. The number of hydrogen-bond acceptors (Lipinski definition) is 4. The summed E-state index contributed by atoms with van der Waals surface area (Å²) in [5.41, 5.74) is 5.24. The first-order valence-corrected chi connectivity index (χ1v) is 10.7. The molecule has 5 nitrogen and oxygen atoms in total. The van der Waals surface area contributed by atoms with E-state index in [1.165, 1.54) is 12.0 Å². The van der Waals surface area contributed by atoms with E-state index in [-0.39, 0.29) is 0 Å². The molecule has 1 aromatic heterocycles. The molecule has 0 saturated carbocycles. The van der Waals surface area contributed by atoms with Gasteiger partial charge in [0, 0.05) is 17.5 Å².